The van der Waals surface area contributed by atoms with E-state index in [1.807, 2.05) is 30.3 Å². The molecule has 2 rings (SSSR count). The van der Waals surface area contributed by atoms with Crippen molar-refractivity contribution < 1.29 is 38.1 Å². The molecule has 0 aromatic heterocycles. The minimum Gasteiger partial charge on any atom is -0.459 e. The van der Waals surface area contributed by atoms with Crippen molar-refractivity contribution >= 4 is 24.0 Å². The Balaban J connectivity index is 1.92. The number of cyclic esters (lactones) is 2. The Morgan fingerprint density at radius 1 is 1.10 bits per heavy atom. The lowest BCUT2D eigenvalue weighted by molar-refractivity contribution is -0.240. The molecule has 1 aliphatic rings. The van der Waals surface area contributed by atoms with Crippen molar-refractivity contribution in [2.24, 2.45) is 5.92 Å². The Morgan fingerprint density at radius 3 is 2.33 bits per heavy atom. The number of rotatable bonds is 9. The Labute approximate surface area is 175 Å². The van der Waals surface area contributed by atoms with E-state index in [4.69, 9.17) is 18.9 Å². The largest absolute Gasteiger partial charge is 0.459 e. The van der Waals surface area contributed by atoms with Crippen LogP contribution >= 0.6 is 0 Å². The maximum absolute atomic E-state index is 12.5. The van der Waals surface area contributed by atoms with E-state index in [0.29, 0.717) is 0 Å². The number of nitrogens with one attached hydrogen (secondary N) is 1. The van der Waals surface area contributed by atoms with E-state index in [2.05, 4.69) is 5.32 Å². The van der Waals surface area contributed by atoms with Crippen LogP contribution in [-0.2, 0) is 39.9 Å². The zero-order valence-corrected chi connectivity index (χ0v) is 17.3. The molecule has 1 amide bonds. The first-order valence-electron chi connectivity index (χ1n) is 9.81. The number of amides is 1. The zero-order chi connectivity index (χ0) is 22.1. The third-order valence-corrected chi connectivity index (χ3v) is 4.32. The first-order chi connectivity index (χ1) is 14.2. The second kappa shape index (κ2) is 10.6. The summed E-state index contributed by atoms with van der Waals surface area (Å²) in [5.74, 6) is -4.33. The number of esters is 3. The van der Waals surface area contributed by atoms with Crippen molar-refractivity contribution in [3.8, 4) is 0 Å². The number of hydrogen-bond donors (Lipinski definition) is 1. The highest BCUT2D eigenvalue weighted by Crippen LogP contribution is 2.26. The van der Waals surface area contributed by atoms with Gasteiger partial charge in [-0.1, -0.05) is 30.3 Å². The van der Waals surface area contributed by atoms with E-state index in [-0.39, 0.29) is 32.5 Å². The van der Waals surface area contributed by atoms with Gasteiger partial charge in [-0.2, -0.15) is 0 Å². The molecule has 1 fully saturated rings. The number of carbonyl (C=O) groups is 4. The van der Waals surface area contributed by atoms with Gasteiger partial charge in [-0.3, -0.25) is 9.59 Å². The average Bonchev–Trinajstić information content (AvgIpc) is 2.67. The van der Waals surface area contributed by atoms with Crippen LogP contribution in [0.4, 0.5) is 4.79 Å². The Hall–Kier alpha value is -3.10. The van der Waals surface area contributed by atoms with Crippen molar-refractivity contribution in [2.45, 2.75) is 58.5 Å². The van der Waals surface area contributed by atoms with Crippen LogP contribution in [0, 0.1) is 5.92 Å². The van der Waals surface area contributed by atoms with Crippen LogP contribution in [0.25, 0.3) is 0 Å². The van der Waals surface area contributed by atoms with Crippen LogP contribution in [0.2, 0.25) is 0 Å². The van der Waals surface area contributed by atoms with Crippen LogP contribution in [0.15, 0.2) is 30.3 Å². The van der Waals surface area contributed by atoms with Gasteiger partial charge < -0.3 is 24.3 Å². The van der Waals surface area contributed by atoms with Gasteiger partial charge >= 0.3 is 24.0 Å². The summed E-state index contributed by atoms with van der Waals surface area (Å²) >= 11 is 0. The normalized spacial score (nSPS) is 16.8. The van der Waals surface area contributed by atoms with Crippen LogP contribution < -0.4 is 5.32 Å². The molecule has 1 N–H and O–H groups in total. The summed E-state index contributed by atoms with van der Waals surface area (Å²) in [5, 5.41) is 2.46. The summed E-state index contributed by atoms with van der Waals surface area (Å²) in [7, 11) is 0. The molecule has 1 atom stereocenters. The minimum absolute atomic E-state index is 0.0526. The minimum atomic E-state index is -1.29. The third kappa shape index (κ3) is 7.06. The molecule has 9 heteroatoms. The number of hydrogen-bond acceptors (Lipinski definition) is 8. The molecule has 0 saturated carbocycles. The maximum Gasteiger partial charge on any atom is 0.407 e. The Bertz CT molecular complexity index is 742. The summed E-state index contributed by atoms with van der Waals surface area (Å²) in [6.45, 7) is 4.79. The molecular weight excluding hydrogens is 394 g/mol. The molecule has 1 aliphatic heterocycles. The molecule has 0 aliphatic carbocycles. The lowest BCUT2D eigenvalue weighted by Crippen LogP contribution is -2.46. The summed E-state index contributed by atoms with van der Waals surface area (Å²) in [6.07, 6.45) is -0.224. The Kier molecular flexibility index (Phi) is 8.20. The smallest absolute Gasteiger partial charge is 0.407 e. The van der Waals surface area contributed by atoms with Gasteiger partial charge in [-0.25, -0.2) is 9.59 Å². The number of benzene rings is 1. The van der Waals surface area contributed by atoms with Crippen molar-refractivity contribution in [2.75, 3.05) is 6.61 Å². The van der Waals surface area contributed by atoms with E-state index in [1.54, 1.807) is 6.92 Å². The fraction of sp³-hybridized carbons (Fsp3) is 0.524. The molecule has 0 radical (unpaired) electrons. The molecule has 1 heterocycles. The summed E-state index contributed by atoms with van der Waals surface area (Å²) in [6, 6.07) is 8.12. The van der Waals surface area contributed by atoms with E-state index >= 15 is 0 Å². The molecule has 0 bridgehead atoms. The fourth-order valence-electron chi connectivity index (χ4n) is 2.90. The van der Waals surface area contributed by atoms with Crippen molar-refractivity contribution in [3.63, 3.8) is 0 Å². The predicted octanol–water partition coefficient (Wildman–Crippen LogP) is 2.47. The molecule has 0 spiro atoms. The first-order valence-corrected chi connectivity index (χ1v) is 9.81. The number of carbonyl (C=O) groups excluding carboxylic acids is 4. The van der Waals surface area contributed by atoms with Gasteiger partial charge in [-0.05, 0) is 31.7 Å². The quantitative estimate of drug-likeness (QED) is 0.367. The SMILES string of the molecule is CCOC(=O)N[C@H](CCCC1C(=O)OC(C)(C)OC1=O)C(=O)OCc1ccccc1. The van der Waals surface area contributed by atoms with Crippen molar-refractivity contribution in [3.05, 3.63) is 35.9 Å². The first kappa shape index (κ1) is 23.2. The predicted molar refractivity (Wildman–Crippen MR) is 104 cm³/mol. The topological polar surface area (TPSA) is 117 Å². The monoisotopic (exact) mass is 421 g/mol. The van der Waals surface area contributed by atoms with E-state index in [9.17, 15) is 19.2 Å². The third-order valence-electron chi connectivity index (χ3n) is 4.32. The maximum atomic E-state index is 12.5. The van der Waals surface area contributed by atoms with Crippen molar-refractivity contribution in [1.82, 2.24) is 5.32 Å². The standard InChI is InChI=1S/C21H27NO8/c1-4-27-20(26)22-16(19(25)28-13-14-9-6-5-7-10-14)12-8-11-15-17(23)29-21(2,3)30-18(15)24/h5-7,9-10,15-16H,4,8,11-13H2,1-3H3,(H,22,26)/t16-/m1/s1. The van der Waals surface area contributed by atoms with Crippen LogP contribution in [0.5, 0.6) is 0 Å². The van der Waals surface area contributed by atoms with Gasteiger partial charge in [0.2, 0.25) is 0 Å². The van der Waals surface area contributed by atoms with E-state index < -0.39 is 41.7 Å². The second-order valence-electron chi connectivity index (χ2n) is 7.24. The van der Waals surface area contributed by atoms with Crippen LogP contribution in [0.1, 0.15) is 45.6 Å². The molecule has 9 nitrogen and oxygen atoms in total. The lowest BCUT2D eigenvalue weighted by atomic mass is 9.98. The van der Waals surface area contributed by atoms with Crippen LogP contribution in [-0.4, -0.2) is 42.4 Å². The van der Waals surface area contributed by atoms with Gasteiger partial charge in [0.15, 0.2) is 5.92 Å². The summed E-state index contributed by atoms with van der Waals surface area (Å²) < 4.78 is 20.3. The molecule has 1 saturated heterocycles. The van der Waals surface area contributed by atoms with Gasteiger partial charge in [0.1, 0.15) is 12.6 Å². The van der Waals surface area contributed by atoms with Gasteiger partial charge in [-0.15, -0.1) is 0 Å². The van der Waals surface area contributed by atoms with Gasteiger partial charge in [0, 0.05) is 13.8 Å². The lowest BCUT2D eigenvalue weighted by Gasteiger charge is -2.32. The number of ether oxygens (including phenoxy) is 4. The van der Waals surface area contributed by atoms with E-state index in [0.717, 1.165) is 5.56 Å². The molecular formula is C21H27NO8. The molecule has 1 aromatic carbocycles. The molecule has 0 unspecified atom stereocenters. The van der Waals surface area contributed by atoms with Gasteiger partial charge in [0.25, 0.3) is 5.79 Å². The summed E-state index contributed by atoms with van der Waals surface area (Å²) in [5.41, 5.74) is 0.802. The fourth-order valence-corrected chi connectivity index (χ4v) is 2.90. The van der Waals surface area contributed by atoms with Crippen molar-refractivity contribution in [1.29, 1.82) is 0 Å². The highest BCUT2D eigenvalue weighted by atomic mass is 16.7. The van der Waals surface area contributed by atoms with E-state index in [1.165, 1.54) is 13.8 Å². The molecule has 30 heavy (non-hydrogen) atoms. The molecule has 1 aromatic rings. The molecule has 164 valence electrons. The van der Waals surface area contributed by atoms with Crippen LogP contribution in [0.3, 0.4) is 0 Å². The second-order valence-corrected chi connectivity index (χ2v) is 7.24. The highest BCUT2D eigenvalue weighted by molar-refractivity contribution is 5.96. The number of alkyl carbamates (subject to hydrolysis) is 1. The average molecular weight is 421 g/mol. The zero-order valence-electron chi connectivity index (χ0n) is 17.3. The van der Waals surface area contributed by atoms with Gasteiger partial charge in [0.05, 0.1) is 6.61 Å². The highest BCUT2D eigenvalue weighted by Gasteiger charge is 2.42. The Morgan fingerprint density at radius 2 is 1.73 bits per heavy atom. The summed E-state index contributed by atoms with van der Waals surface area (Å²) in [4.78, 5) is 48.4.